The van der Waals surface area contributed by atoms with Gasteiger partial charge in [0.05, 0.1) is 16.4 Å². The average Bonchev–Trinajstić information content (AvgIpc) is 3.14. The zero-order valence-corrected chi connectivity index (χ0v) is 19.6. The second-order valence-corrected chi connectivity index (χ2v) is 11.0. The first kappa shape index (κ1) is 22.8. The Morgan fingerprint density at radius 3 is 2.69 bits per heavy atom. The molecule has 1 unspecified atom stereocenters. The van der Waals surface area contributed by atoms with E-state index in [1.807, 2.05) is 0 Å². The first-order chi connectivity index (χ1) is 15.3. The molecule has 1 amide bonds. The summed E-state index contributed by atoms with van der Waals surface area (Å²) in [7, 11) is -2.07. The van der Waals surface area contributed by atoms with E-state index in [-0.39, 0.29) is 11.5 Å². The molecule has 170 valence electrons. The molecule has 1 N–H and O–H groups in total. The van der Waals surface area contributed by atoms with Crippen molar-refractivity contribution in [3.05, 3.63) is 58.7 Å². The highest BCUT2D eigenvalue weighted by Gasteiger charge is 2.28. The molecule has 0 bridgehead atoms. The minimum Gasteiger partial charge on any atom is -0.380 e. The van der Waals surface area contributed by atoms with E-state index >= 15 is 0 Å². The van der Waals surface area contributed by atoms with Crippen LogP contribution in [0.1, 0.15) is 35.0 Å². The highest BCUT2D eigenvalue weighted by Crippen LogP contribution is 2.34. The Hall–Kier alpha value is -2.33. The fourth-order valence-electron chi connectivity index (χ4n) is 4.04. The third-order valence-electron chi connectivity index (χ3n) is 5.63. The first-order valence-electron chi connectivity index (χ1n) is 10.4. The number of piperidine rings is 1. The number of anilines is 1. The Kier molecular flexibility index (Phi) is 6.62. The number of methoxy groups -OCH3 is 1. The third-order valence-corrected chi connectivity index (χ3v) is 8.70. The van der Waals surface area contributed by atoms with Crippen molar-refractivity contribution in [3.8, 4) is 0 Å². The molecule has 2 aromatic carbocycles. The van der Waals surface area contributed by atoms with E-state index in [1.54, 1.807) is 24.3 Å². The number of hydrogen-bond donors (Lipinski definition) is 1. The number of carbonyl (C=O) groups is 1. The number of fused-ring (bicyclic) bond motifs is 1. The molecule has 4 rings (SSSR count). The smallest absolute Gasteiger partial charge is 0.266 e. The zero-order chi connectivity index (χ0) is 22.9. The van der Waals surface area contributed by atoms with Gasteiger partial charge in [-0.15, -0.1) is 11.3 Å². The van der Waals surface area contributed by atoms with Gasteiger partial charge >= 0.3 is 0 Å². The molecular formula is C23H25FN2O4S2. The highest BCUT2D eigenvalue weighted by atomic mass is 32.2. The minimum atomic E-state index is -3.56. The average molecular weight is 477 g/mol. The number of amides is 1. The lowest BCUT2D eigenvalue weighted by molar-refractivity contribution is 0.102. The summed E-state index contributed by atoms with van der Waals surface area (Å²) in [6.45, 7) is 3.20. The van der Waals surface area contributed by atoms with E-state index < -0.39 is 21.7 Å². The number of halogens is 1. The van der Waals surface area contributed by atoms with E-state index in [0.29, 0.717) is 45.2 Å². The third kappa shape index (κ3) is 4.43. The van der Waals surface area contributed by atoms with Crippen molar-refractivity contribution in [2.24, 2.45) is 5.92 Å². The van der Waals surface area contributed by atoms with Crippen molar-refractivity contribution in [3.63, 3.8) is 0 Å². The van der Waals surface area contributed by atoms with Gasteiger partial charge in [-0.1, -0.05) is 13.0 Å². The van der Waals surface area contributed by atoms with Crippen LogP contribution in [0.25, 0.3) is 10.1 Å². The predicted octanol–water partition coefficient (Wildman–Crippen LogP) is 4.86. The predicted molar refractivity (Wildman–Crippen MR) is 124 cm³/mol. The maximum atomic E-state index is 14.4. The molecule has 0 radical (unpaired) electrons. The van der Waals surface area contributed by atoms with Gasteiger partial charge < -0.3 is 10.1 Å². The van der Waals surface area contributed by atoms with Crippen molar-refractivity contribution in [2.75, 3.05) is 25.5 Å². The van der Waals surface area contributed by atoms with Crippen LogP contribution in [0.3, 0.4) is 0 Å². The van der Waals surface area contributed by atoms with Gasteiger partial charge in [0.25, 0.3) is 5.91 Å². The number of thiophene rings is 1. The van der Waals surface area contributed by atoms with Crippen molar-refractivity contribution in [2.45, 2.75) is 31.3 Å². The van der Waals surface area contributed by atoms with Crippen molar-refractivity contribution < 1.29 is 22.3 Å². The molecule has 1 saturated heterocycles. The molecule has 1 atom stereocenters. The van der Waals surface area contributed by atoms with E-state index in [0.717, 1.165) is 12.8 Å². The second kappa shape index (κ2) is 9.27. The Morgan fingerprint density at radius 2 is 2.00 bits per heavy atom. The molecule has 6 nitrogen and oxygen atoms in total. The summed E-state index contributed by atoms with van der Waals surface area (Å²) in [4.78, 5) is 13.5. The lowest BCUT2D eigenvalue weighted by Gasteiger charge is -2.30. The lowest BCUT2D eigenvalue weighted by Crippen LogP contribution is -2.39. The van der Waals surface area contributed by atoms with Gasteiger partial charge in [-0.3, -0.25) is 4.79 Å². The number of rotatable bonds is 6. The highest BCUT2D eigenvalue weighted by molar-refractivity contribution is 7.89. The Labute approximate surface area is 191 Å². The van der Waals surface area contributed by atoms with Crippen LogP contribution in [0.15, 0.2) is 47.4 Å². The monoisotopic (exact) mass is 476 g/mol. The van der Waals surface area contributed by atoms with E-state index in [1.165, 1.54) is 41.0 Å². The molecule has 0 saturated carbocycles. The fourth-order valence-corrected chi connectivity index (χ4v) is 6.76. The van der Waals surface area contributed by atoms with Crippen LogP contribution in [0.5, 0.6) is 0 Å². The molecule has 2 heterocycles. The van der Waals surface area contributed by atoms with Gasteiger partial charge in [0.15, 0.2) is 0 Å². The molecule has 1 aromatic heterocycles. The molecule has 3 aromatic rings. The molecule has 32 heavy (non-hydrogen) atoms. The van der Waals surface area contributed by atoms with E-state index in [9.17, 15) is 17.6 Å². The van der Waals surface area contributed by atoms with Crippen LogP contribution >= 0.6 is 11.3 Å². The Balaban J connectivity index is 1.56. The van der Waals surface area contributed by atoms with Crippen LogP contribution in [-0.2, 0) is 21.4 Å². The van der Waals surface area contributed by atoms with Gasteiger partial charge in [-0.05, 0) is 55.2 Å². The van der Waals surface area contributed by atoms with Gasteiger partial charge in [-0.2, -0.15) is 4.31 Å². The van der Waals surface area contributed by atoms with Crippen LogP contribution < -0.4 is 5.32 Å². The number of ether oxygens (including phenoxy) is 1. The van der Waals surface area contributed by atoms with Crippen LogP contribution in [-0.4, -0.2) is 38.8 Å². The Bertz CT molecular complexity index is 1240. The van der Waals surface area contributed by atoms with Gasteiger partial charge in [0.1, 0.15) is 5.82 Å². The van der Waals surface area contributed by atoms with Crippen molar-refractivity contribution in [1.29, 1.82) is 0 Å². The quantitative estimate of drug-likeness (QED) is 0.551. The first-order valence-corrected chi connectivity index (χ1v) is 12.7. The summed E-state index contributed by atoms with van der Waals surface area (Å²) in [5.74, 6) is -0.450. The van der Waals surface area contributed by atoms with Crippen LogP contribution in [0.2, 0.25) is 0 Å². The summed E-state index contributed by atoms with van der Waals surface area (Å²) in [5.41, 5.74) is 0.962. The van der Waals surface area contributed by atoms with Gasteiger partial charge in [0, 0.05) is 41.5 Å². The number of nitrogens with zero attached hydrogens (tertiary/aromatic N) is 1. The second-order valence-electron chi connectivity index (χ2n) is 8.04. The number of hydrogen-bond acceptors (Lipinski definition) is 5. The summed E-state index contributed by atoms with van der Waals surface area (Å²) in [5, 5.41) is 3.18. The standard InChI is InChI=1S/C23H25FN2O4S2/c1-15-5-4-12-26(13-15)32(28,29)17-10-8-16(9-11-17)25-23(27)22-18(14-30-2)21-19(24)6-3-7-20(21)31-22/h3,6-11,15H,4-5,12-14H2,1-2H3,(H,25,27). The summed E-state index contributed by atoms with van der Waals surface area (Å²) >= 11 is 1.20. The molecule has 0 spiro atoms. The summed E-state index contributed by atoms with van der Waals surface area (Å²) < 4.78 is 47.6. The van der Waals surface area contributed by atoms with Crippen molar-refractivity contribution in [1.82, 2.24) is 4.31 Å². The van der Waals surface area contributed by atoms with Crippen molar-refractivity contribution >= 4 is 43.0 Å². The molecule has 1 aliphatic rings. The lowest BCUT2D eigenvalue weighted by atomic mass is 10.0. The van der Waals surface area contributed by atoms with Crippen LogP contribution in [0, 0.1) is 11.7 Å². The van der Waals surface area contributed by atoms with Crippen LogP contribution in [0.4, 0.5) is 10.1 Å². The maximum Gasteiger partial charge on any atom is 0.266 e. The van der Waals surface area contributed by atoms with E-state index in [2.05, 4.69) is 12.2 Å². The molecular weight excluding hydrogens is 451 g/mol. The van der Waals surface area contributed by atoms with Gasteiger partial charge in [-0.25, -0.2) is 12.8 Å². The maximum absolute atomic E-state index is 14.4. The normalized spacial score (nSPS) is 17.5. The number of benzene rings is 2. The fraction of sp³-hybridized carbons (Fsp3) is 0.348. The molecule has 0 aliphatic carbocycles. The number of nitrogens with one attached hydrogen (secondary N) is 1. The topological polar surface area (TPSA) is 75.7 Å². The number of carbonyl (C=O) groups excluding carboxylic acids is 1. The largest absolute Gasteiger partial charge is 0.380 e. The Morgan fingerprint density at radius 1 is 1.25 bits per heavy atom. The minimum absolute atomic E-state index is 0.106. The van der Waals surface area contributed by atoms with E-state index in [4.69, 9.17) is 4.74 Å². The molecule has 1 fully saturated rings. The summed E-state index contributed by atoms with van der Waals surface area (Å²) in [6, 6.07) is 10.9. The summed E-state index contributed by atoms with van der Waals surface area (Å²) in [6.07, 6.45) is 1.89. The zero-order valence-electron chi connectivity index (χ0n) is 17.9. The SMILES string of the molecule is COCc1c(C(=O)Nc2ccc(S(=O)(=O)N3CCCC(C)C3)cc2)sc2cccc(F)c12. The van der Waals surface area contributed by atoms with Gasteiger partial charge in [0.2, 0.25) is 10.0 Å². The molecule has 1 aliphatic heterocycles. The number of sulfonamides is 1. The molecule has 9 heteroatoms.